The molecule has 0 atom stereocenters. The van der Waals surface area contributed by atoms with E-state index in [0.29, 0.717) is 11.9 Å². The Balaban J connectivity index is 2.14. The van der Waals surface area contributed by atoms with Gasteiger partial charge in [0.05, 0.1) is 6.54 Å². The van der Waals surface area contributed by atoms with Crippen LogP contribution in [-0.2, 0) is 6.54 Å². The zero-order valence-electron chi connectivity index (χ0n) is 7.77. The third-order valence-corrected chi connectivity index (χ3v) is 2.39. The number of nitrogens with one attached hydrogen (secondary N) is 1. The highest BCUT2D eigenvalue weighted by Crippen LogP contribution is 2.17. The third kappa shape index (κ3) is 2.66. The van der Waals surface area contributed by atoms with E-state index < -0.39 is 0 Å². The molecule has 3 N–H and O–H groups in total. The molecule has 5 nitrogen and oxygen atoms in total. The third-order valence-electron chi connectivity index (χ3n) is 1.72. The second kappa shape index (κ2) is 4.58. The molecule has 0 saturated heterocycles. The fourth-order valence-corrected chi connectivity index (χ4v) is 1.62. The Morgan fingerprint density at radius 2 is 2.27 bits per heavy atom. The lowest BCUT2D eigenvalue weighted by Gasteiger charge is -2.00. The van der Waals surface area contributed by atoms with Gasteiger partial charge < -0.3 is 15.5 Å². The molecule has 1 aromatic carbocycles. The largest absolute Gasteiger partial charge is 0.406 e. The topological polar surface area (TPSA) is 77.0 Å². The minimum absolute atomic E-state index is 0.251. The summed E-state index contributed by atoms with van der Waals surface area (Å²) < 4.78 is 6.35. The van der Waals surface area contributed by atoms with E-state index in [9.17, 15) is 0 Å². The molecule has 0 saturated carbocycles. The molecule has 2 aromatic rings. The second-order valence-corrected chi connectivity index (χ2v) is 4.09. The van der Waals surface area contributed by atoms with Gasteiger partial charge in [-0.2, -0.15) is 0 Å². The average Bonchev–Trinajstić information content (AvgIpc) is 2.65. The number of nitrogens with two attached hydrogens (primary N) is 1. The van der Waals surface area contributed by atoms with Crippen molar-refractivity contribution in [1.82, 2.24) is 10.2 Å². The molecular formula is C9H9IN4O. The number of halogens is 1. The van der Waals surface area contributed by atoms with Crippen LogP contribution < -0.4 is 11.1 Å². The summed E-state index contributed by atoms with van der Waals surface area (Å²) in [6, 6.07) is 8.22. The quantitative estimate of drug-likeness (QED) is 0.846. The van der Waals surface area contributed by atoms with E-state index in [-0.39, 0.29) is 6.54 Å². The van der Waals surface area contributed by atoms with Gasteiger partial charge in [0.1, 0.15) is 0 Å². The monoisotopic (exact) mass is 316 g/mol. The van der Waals surface area contributed by atoms with Crippen molar-refractivity contribution in [3.8, 4) is 0 Å². The molecule has 1 heterocycles. The summed E-state index contributed by atoms with van der Waals surface area (Å²) in [4.78, 5) is 0. The minimum atomic E-state index is 0.251. The van der Waals surface area contributed by atoms with Crippen molar-refractivity contribution in [2.24, 2.45) is 5.73 Å². The molecule has 0 aliphatic carbocycles. The number of anilines is 2. The van der Waals surface area contributed by atoms with Gasteiger partial charge in [0.25, 0.3) is 0 Å². The SMILES string of the molecule is NCc1nnc(Nc2cccc(I)c2)o1. The van der Waals surface area contributed by atoms with Crippen molar-refractivity contribution in [3.05, 3.63) is 33.7 Å². The van der Waals surface area contributed by atoms with E-state index in [2.05, 4.69) is 38.1 Å². The van der Waals surface area contributed by atoms with Crippen LogP contribution in [-0.4, -0.2) is 10.2 Å². The first-order valence-corrected chi connectivity index (χ1v) is 5.41. The first kappa shape index (κ1) is 10.4. The highest BCUT2D eigenvalue weighted by atomic mass is 127. The van der Waals surface area contributed by atoms with Crippen LogP contribution in [0.4, 0.5) is 11.7 Å². The Kier molecular flexibility index (Phi) is 3.17. The Morgan fingerprint density at radius 3 is 2.93 bits per heavy atom. The maximum absolute atomic E-state index is 5.36. The van der Waals surface area contributed by atoms with Crippen LogP contribution >= 0.6 is 22.6 Å². The number of aromatic nitrogens is 2. The molecule has 0 radical (unpaired) electrons. The van der Waals surface area contributed by atoms with E-state index in [1.165, 1.54) is 0 Å². The molecule has 0 bridgehead atoms. The van der Waals surface area contributed by atoms with E-state index >= 15 is 0 Å². The molecule has 78 valence electrons. The number of rotatable bonds is 3. The molecule has 0 unspecified atom stereocenters. The summed E-state index contributed by atoms with van der Waals surface area (Å²) in [5, 5.41) is 10.5. The Hall–Kier alpha value is -1.15. The van der Waals surface area contributed by atoms with E-state index in [1.54, 1.807) is 0 Å². The zero-order chi connectivity index (χ0) is 10.7. The van der Waals surface area contributed by atoms with Crippen LogP contribution in [0.5, 0.6) is 0 Å². The summed E-state index contributed by atoms with van der Waals surface area (Å²) in [6.07, 6.45) is 0. The van der Waals surface area contributed by atoms with E-state index in [0.717, 1.165) is 9.26 Å². The molecule has 0 amide bonds. The van der Waals surface area contributed by atoms with Crippen molar-refractivity contribution in [3.63, 3.8) is 0 Å². The van der Waals surface area contributed by atoms with Gasteiger partial charge in [-0.25, -0.2) is 0 Å². The molecular weight excluding hydrogens is 307 g/mol. The summed E-state index contributed by atoms with van der Waals surface area (Å²) in [5.74, 6) is 0.420. The fourth-order valence-electron chi connectivity index (χ4n) is 1.08. The van der Waals surface area contributed by atoms with Gasteiger partial charge in [0.15, 0.2) is 0 Å². The lowest BCUT2D eigenvalue weighted by molar-refractivity contribution is 0.511. The Labute approximate surface area is 100 Å². The lowest BCUT2D eigenvalue weighted by Crippen LogP contribution is -1.95. The standard InChI is InChI=1S/C9H9IN4O/c10-6-2-1-3-7(4-6)12-9-14-13-8(5-11)15-9/h1-4H,5,11H2,(H,12,14). The van der Waals surface area contributed by atoms with Gasteiger partial charge in [-0.15, -0.1) is 5.10 Å². The van der Waals surface area contributed by atoms with Crippen molar-refractivity contribution >= 4 is 34.3 Å². The smallest absolute Gasteiger partial charge is 0.320 e. The number of benzene rings is 1. The van der Waals surface area contributed by atoms with Crippen molar-refractivity contribution in [2.45, 2.75) is 6.54 Å². The number of nitrogens with zero attached hydrogens (tertiary/aromatic N) is 2. The lowest BCUT2D eigenvalue weighted by atomic mass is 10.3. The molecule has 0 fully saturated rings. The average molecular weight is 316 g/mol. The fraction of sp³-hybridized carbons (Fsp3) is 0.111. The molecule has 15 heavy (non-hydrogen) atoms. The highest BCUT2D eigenvalue weighted by Gasteiger charge is 2.03. The first-order chi connectivity index (χ1) is 7.28. The minimum Gasteiger partial charge on any atom is -0.406 e. The number of hydrogen-bond acceptors (Lipinski definition) is 5. The van der Waals surface area contributed by atoms with Gasteiger partial charge in [-0.05, 0) is 40.8 Å². The predicted molar refractivity (Wildman–Crippen MR) is 64.6 cm³/mol. The van der Waals surface area contributed by atoms with Crippen LogP contribution in [0.1, 0.15) is 5.89 Å². The predicted octanol–water partition coefficient (Wildman–Crippen LogP) is 1.88. The molecule has 0 aliphatic rings. The van der Waals surface area contributed by atoms with Crippen LogP contribution in [0, 0.1) is 3.57 Å². The van der Waals surface area contributed by atoms with Crippen molar-refractivity contribution in [2.75, 3.05) is 5.32 Å². The summed E-state index contributed by atoms with van der Waals surface area (Å²) >= 11 is 2.23. The number of hydrogen-bond donors (Lipinski definition) is 2. The summed E-state index contributed by atoms with van der Waals surface area (Å²) in [6.45, 7) is 0.251. The van der Waals surface area contributed by atoms with E-state index in [4.69, 9.17) is 10.2 Å². The van der Waals surface area contributed by atoms with Crippen LogP contribution in [0.2, 0.25) is 0 Å². The van der Waals surface area contributed by atoms with Gasteiger partial charge >= 0.3 is 6.01 Å². The zero-order valence-corrected chi connectivity index (χ0v) is 9.93. The van der Waals surface area contributed by atoms with Gasteiger partial charge in [-0.3, -0.25) is 0 Å². The second-order valence-electron chi connectivity index (χ2n) is 2.84. The van der Waals surface area contributed by atoms with Crippen LogP contribution in [0.15, 0.2) is 28.7 Å². The Bertz CT molecular complexity index is 457. The molecule has 1 aromatic heterocycles. The maximum atomic E-state index is 5.36. The Morgan fingerprint density at radius 1 is 1.40 bits per heavy atom. The van der Waals surface area contributed by atoms with Gasteiger partial charge in [0.2, 0.25) is 5.89 Å². The molecule has 6 heteroatoms. The van der Waals surface area contributed by atoms with Gasteiger partial charge in [0, 0.05) is 9.26 Å². The summed E-state index contributed by atoms with van der Waals surface area (Å²) in [7, 11) is 0. The van der Waals surface area contributed by atoms with Crippen LogP contribution in [0.3, 0.4) is 0 Å². The van der Waals surface area contributed by atoms with Gasteiger partial charge in [-0.1, -0.05) is 11.2 Å². The van der Waals surface area contributed by atoms with Crippen LogP contribution in [0.25, 0.3) is 0 Å². The maximum Gasteiger partial charge on any atom is 0.320 e. The summed E-state index contributed by atoms with van der Waals surface area (Å²) in [5.41, 5.74) is 6.27. The first-order valence-electron chi connectivity index (χ1n) is 4.33. The van der Waals surface area contributed by atoms with Crippen molar-refractivity contribution in [1.29, 1.82) is 0 Å². The van der Waals surface area contributed by atoms with E-state index in [1.807, 2.05) is 24.3 Å². The molecule has 0 spiro atoms. The van der Waals surface area contributed by atoms with Crippen molar-refractivity contribution < 1.29 is 4.42 Å². The molecule has 0 aliphatic heterocycles. The highest BCUT2D eigenvalue weighted by molar-refractivity contribution is 14.1. The molecule has 2 rings (SSSR count). The normalized spacial score (nSPS) is 10.3.